The average Bonchev–Trinajstić information content (AvgIpc) is 3.29. The number of carbonyl (C=O) groups is 1. The van der Waals surface area contributed by atoms with E-state index in [9.17, 15) is 18.0 Å². The molecule has 2 aromatic rings. The summed E-state index contributed by atoms with van der Waals surface area (Å²) in [4.78, 5) is 20.4. The Morgan fingerprint density at radius 2 is 2.08 bits per heavy atom. The number of aromatic amines is 1. The predicted molar refractivity (Wildman–Crippen MR) is 87.3 cm³/mol. The first-order valence-electron chi connectivity index (χ1n) is 8.50. The summed E-state index contributed by atoms with van der Waals surface area (Å²) in [5.41, 5.74) is 1.36. The van der Waals surface area contributed by atoms with E-state index in [1.165, 1.54) is 6.07 Å². The maximum Gasteiger partial charge on any atom is 0.417 e. The molecule has 4 rings (SSSR count). The molecule has 0 aromatic carbocycles. The molecule has 1 atom stereocenters. The molecule has 0 aliphatic carbocycles. The predicted octanol–water partition coefficient (Wildman–Crippen LogP) is 2.23. The van der Waals surface area contributed by atoms with Gasteiger partial charge >= 0.3 is 6.18 Å². The summed E-state index contributed by atoms with van der Waals surface area (Å²) < 4.78 is 37.9. The first-order valence-corrected chi connectivity index (χ1v) is 8.50. The largest absolute Gasteiger partial charge is 0.417 e. The minimum absolute atomic E-state index is 0.0891. The van der Waals surface area contributed by atoms with Crippen molar-refractivity contribution in [2.75, 3.05) is 24.5 Å². The highest BCUT2D eigenvalue weighted by Gasteiger charge is 2.34. The molecule has 1 saturated heterocycles. The molecule has 26 heavy (non-hydrogen) atoms. The number of nitrogens with zero attached hydrogens (tertiary/aromatic N) is 4. The van der Waals surface area contributed by atoms with Gasteiger partial charge in [-0.1, -0.05) is 0 Å². The molecule has 2 aromatic heterocycles. The van der Waals surface area contributed by atoms with Gasteiger partial charge in [-0.2, -0.15) is 18.3 Å². The van der Waals surface area contributed by atoms with E-state index in [0.717, 1.165) is 29.9 Å². The Morgan fingerprint density at radius 3 is 2.81 bits per heavy atom. The first-order chi connectivity index (χ1) is 12.4. The molecule has 0 radical (unpaired) electrons. The number of rotatable bonds is 2. The Hall–Kier alpha value is -2.58. The number of carbonyl (C=O) groups excluding carboxylic acids is 1. The van der Waals surface area contributed by atoms with Crippen LogP contribution in [0.2, 0.25) is 0 Å². The van der Waals surface area contributed by atoms with Crippen molar-refractivity contribution in [3.63, 3.8) is 0 Å². The lowest BCUT2D eigenvalue weighted by Crippen LogP contribution is -2.40. The normalized spacial score (nSPS) is 20.3. The second kappa shape index (κ2) is 6.30. The molecule has 0 spiro atoms. The molecule has 1 N–H and O–H groups in total. The van der Waals surface area contributed by atoms with Gasteiger partial charge in [-0.15, -0.1) is 0 Å². The summed E-state index contributed by atoms with van der Waals surface area (Å²) in [5.74, 6) is 0.405. The summed E-state index contributed by atoms with van der Waals surface area (Å²) in [7, 11) is 0. The van der Waals surface area contributed by atoms with E-state index in [4.69, 9.17) is 0 Å². The number of aromatic nitrogens is 3. The second-order valence-electron chi connectivity index (χ2n) is 6.72. The van der Waals surface area contributed by atoms with Gasteiger partial charge in [-0.05, 0) is 18.6 Å². The zero-order valence-corrected chi connectivity index (χ0v) is 14.0. The Bertz CT molecular complexity index is 801. The van der Waals surface area contributed by atoms with Gasteiger partial charge in [0.2, 0.25) is 5.91 Å². The molecule has 6 nitrogen and oxygen atoms in total. The monoisotopic (exact) mass is 365 g/mol. The molecular formula is C17H18F3N5O. The van der Waals surface area contributed by atoms with Gasteiger partial charge in [0.1, 0.15) is 5.82 Å². The Labute approximate surface area is 148 Å². The maximum absolute atomic E-state index is 12.8. The van der Waals surface area contributed by atoms with Crippen molar-refractivity contribution in [3.8, 4) is 0 Å². The van der Waals surface area contributed by atoms with E-state index in [-0.39, 0.29) is 11.8 Å². The summed E-state index contributed by atoms with van der Waals surface area (Å²) in [6.07, 6.45) is -0.360. The minimum Gasteiger partial charge on any atom is -0.356 e. The molecule has 0 bridgehead atoms. The topological polar surface area (TPSA) is 65.1 Å². The fourth-order valence-electron chi connectivity index (χ4n) is 3.58. The summed E-state index contributed by atoms with van der Waals surface area (Å²) >= 11 is 0. The van der Waals surface area contributed by atoms with Crippen molar-refractivity contribution in [2.24, 2.45) is 5.92 Å². The summed E-state index contributed by atoms with van der Waals surface area (Å²) in [6.45, 7) is 2.30. The molecule has 2 aliphatic rings. The van der Waals surface area contributed by atoms with Crippen molar-refractivity contribution in [2.45, 2.75) is 25.6 Å². The van der Waals surface area contributed by atoms with Crippen LogP contribution in [0.25, 0.3) is 0 Å². The van der Waals surface area contributed by atoms with Gasteiger partial charge in [0.25, 0.3) is 0 Å². The number of alkyl halides is 3. The highest BCUT2D eigenvalue weighted by Crippen LogP contribution is 2.31. The van der Waals surface area contributed by atoms with Crippen LogP contribution in [0.1, 0.15) is 23.2 Å². The molecular weight excluding hydrogens is 347 g/mol. The van der Waals surface area contributed by atoms with Gasteiger partial charge in [-0.3, -0.25) is 9.89 Å². The maximum atomic E-state index is 12.8. The van der Waals surface area contributed by atoms with Crippen molar-refractivity contribution in [3.05, 3.63) is 41.3 Å². The lowest BCUT2D eigenvalue weighted by atomic mass is 10.0. The highest BCUT2D eigenvalue weighted by molar-refractivity contribution is 5.80. The van der Waals surface area contributed by atoms with E-state index < -0.39 is 11.7 Å². The number of hydrogen-bond acceptors (Lipinski definition) is 4. The van der Waals surface area contributed by atoms with Gasteiger partial charge in [0.05, 0.1) is 17.7 Å². The number of nitrogens with one attached hydrogen (secondary N) is 1. The minimum atomic E-state index is -4.39. The fourth-order valence-corrected chi connectivity index (χ4v) is 3.58. The molecule has 138 valence electrons. The number of anilines is 1. The van der Waals surface area contributed by atoms with E-state index in [2.05, 4.69) is 15.2 Å². The van der Waals surface area contributed by atoms with Gasteiger partial charge in [-0.25, -0.2) is 4.98 Å². The van der Waals surface area contributed by atoms with E-state index in [1.54, 1.807) is 6.20 Å². The summed E-state index contributed by atoms with van der Waals surface area (Å²) in [6, 6.07) is 2.40. The van der Waals surface area contributed by atoms with Crippen molar-refractivity contribution in [1.29, 1.82) is 0 Å². The van der Waals surface area contributed by atoms with Crippen LogP contribution in [0.4, 0.5) is 19.0 Å². The van der Waals surface area contributed by atoms with Crippen LogP contribution in [0.5, 0.6) is 0 Å². The lowest BCUT2D eigenvalue weighted by molar-refractivity contribution is -0.138. The molecule has 4 heterocycles. The zero-order chi connectivity index (χ0) is 18.3. The quantitative estimate of drug-likeness (QED) is 0.887. The Balaban J connectivity index is 1.40. The number of amides is 1. The van der Waals surface area contributed by atoms with Crippen LogP contribution in [-0.4, -0.2) is 45.6 Å². The number of fused-ring (bicyclic) bond motifs is 1. The molecule has 9 heteroatoms. The smallest absolute Gasteiger partial charge is 0.356 e. The molecule has 1 fully saturated rings. The standard InChI is InChI=1S/C17H18F3N5O/c18-17(19,20)13-1-2-15(21-8-13)24-5-3-11(9-24)16(26)25-6-4-14-12(10-25)7-22-23-14/h1-2,7-8,11H,3-6,9-10H2,(H,22,23)/t11-/m1/s1. The van der Waals surface area contributed by atoms with Crippen LogP contribution in [0, 0.1) is 5.92 Å². The third kappa shape index (κ3) is 3.13. The summed E-state index contributed by atoms with van der Waals surface area (Å²) in [5, 5.41) is 6.96. The van der Waals surface area contributed by atoms with Crippen LogP contribution in [0.15, 0.2) is 24.5 Å². The molecule has 0 unspecified atom stereocenters. The van der Waals surface area contributed by atoms with Gasteiger partial charge in [0, 0.05) is 50.1 Å². The van der Waals surface area contributed by atoms with Crippen LogP contribution in [0.3, 0.4) is 0 Å². The Kier molecular flexibility index (Phi) is 4.08. The van der Waals surface area contributed by atoms with Crippen LogP contribution >= 0.6 is 0 Å². The number of hydrogen-bond donors (Lipinski definition) is 1. The van der Waals surface area contributed by atoms with Crippen molar-refractivity contribution < 1.29 is 18.0 Å². The molecule has 2 aliphatic heterocycles. The van der Waals surface area contributed by atoms with E-state index >= 15 is 0 Å². The van der Waals surface area contributed by atoms with Gasteiger partial charge in [0.15, 0.2) is 0 Å². The second-order valence-corrected chi connectivity index (χ2v) is 6.72. The fraction of sp³-hybridized carbons (Fsp3) is 0.471. The van der Waals surface area contributed by atoms with Crippen LogP contribution < -0.4 is 4.90 Å². The zero-order valence-electron chi connectivity index (χ0n) is 14.0. The van der Waals surface area contributed by atoms with E-state index in [1.807, 2.05) is 9.80 Å². The number of halogens is 3. The SMILES string of the molecule is O=C([C@@H]1CCN(c2ccc(C(F)(F)F)cn2)C1)N1CCc2[nH]ncc2C1. The Morgan fingerprint density at radius 1 is 1.23 bits per heavy atom. The van der Waals surface area contributed by atoms with Gasteiger partial charge < -0.3 is 9.80 Å². The lowest BCUT2D eigenvalue weighted by Gasteiger charge is -2.29. The van der Waals surface area contributed by atoms with Crippen molar-refractivity contribution in [1.82, 2.24) is 20.1 Å². The number of H-pyrrole nitrogens is 1. The molecule has 0 saturated carbocycles. The van der Waals surface area contributed by atoms with E-state index in [0.29, 0.717) is 38.4 Å². The highest BCUT2D eigenvalue weighted by atomic mass is 19.4. The third-order valence-electron chi connectivity index (χ3n) is 5.05. The number of pyridine rings is 1. The third-order valence-corrected chi connectivity index (χ3v) is 5.05. The molecule has 1 amide bonds. The average molecular weight is 365 g/mol. The first kappa shape index (κ1) is 16.9. The van der Waals surface area contributed by atoms with Crippen LogP contribution in [-0.2, 0) is 23.9 Å². The van der Waals surface area contributed by atoms with Crippen molar-refractivity contribution >= 4 is 11.7 Å².